The number of carbonyl (C=O) groups is 2. The predicted molar refractivity (Wildman–Crippen MR) is 114 cm³/mol. The van der Waals surface area contributed by atoms with Crippen molar-refractivity contribution in [2.75, 3.05) is 0 Å². The van der Waals surface area contributed by atoms with E-state index in [1.807, 2.05) is 0 Å². The second-order valence-corrected chi connectivity index (χ2v) is 9.78. The second kappa shape index (κ2) is 7.84. The first kappa shape index (κ1) is 22.9. The molecule has 0 radical (unpaired) electrons. The van der Waals surface area contributed by atoms with Crippen molar-refractivity contribution in [3.8, 4) is 5.75 Å². The summed E-state index contributed by atoms with van der Waals surface area (Å²) in [4.78, 5) is 29.2. The van der Waals surface area contributed by atoms with E-state index in [0.29, 0.717) is 41.3 Å². The summed E-state index contributed by atoms with van der Waals surface area (Å²) in [5, 5.41) is 16.5. The summed E-state index contributed by atoms with van der Waals surface area (Å²) in [6.45, 7) is 0.0231. The van der Waals surface area contributed by atoms with E-state index in [1.165, 1.54) is 6.07 Å². The number of alkyl halides is 3. The van der Waals surface area contributed by atoms with Crippen LogP contribution in [0.5, 0.6) is 5.75 Å². The van der Waals surface area contributed by atoms with E-state index in [0.717, 1.165) is 12.3 Å². The second-order valence-electron chi connectivity index (χ2n) is 9.34. The highest BCUT2D eigenvalue weighted by Crippen LogP contribution is 2.67. The van der Waals surface area contributed by atoms with Gasteiger partial charge in [-0.2, -0.15) is 13.2 Å². The number of pyridine rings is 1. The molecule has 180 valence electrons. The van der Waals surface area contributed by atoms with Gasteiger partial charge in [0.1, 0.15) is 5.75 Å². The number of fused-ring (bicyclic) bond motifs is 1. The molecule has 4 aliphatic rings. The number of aliphatic hydroxyl groups excluding tert-OH is 1. The van der Waals surface area contributed by atoms with Crippen molar-refractivity contribution >= 4 is 23.4 Å². The van der Waals surface area contributed by atoms with E-state index in [1.54, 1.807) is 18.2 Å². The van der Waals surface area contributed by atoms with Gasteiger partial charge in [0.25, 0.3) is 5.91 Å². The Morgan fingerprint density at radius 3 is 2.59 bits per heavy atom. The van der Waals surface area contributed by atoms with Crippen LogP contribution in [0.1, 0.15) is 48.6 Å². The van der Waals surface area contributed by atoms with E-state index >= 15 is 0 Å². The standard InChI is InChI=1S/C23H21ClF3N3O4/c24-13-2-4-17-15(5-13)16(31)6-18(34-17)19(32)30-22-9-21(10-22,11-22)20(33)29-8-14-3-1-12(7-28-14)23(25,26)27/h1-5,7,16,18,31H,6,8-11H2,(H,29,33)(H,30,32)/t16-,18?,21?,22?/m1/s1. The van der Waals surface area contributed by atoms with Gasteiger partial charge in [0.05, 0.1) is 29.3 Å². The zero-order valence-electron chi connectivity index (χ0n) is 17.8. The number of aromatic nitrogens is 1. The molecule has 2 atom stereocenters. The molecular formula is C23H21ClF3N3O4. The van der Waals surface area contributed by atoms with Crippen LogP contribution < -0.4 is 15.4 Å². The number of carbonyl (C=O) groups excluding carboxylic acids is 2. The lowest BCUT2D eigenvalue weighted by Gasteiger charge is -2.69. The third-order valence-electron chi connectivity index (χ3n) is 6.81. The van der Waals surface area contributed by atoms with Crippen molar-refractivity contribution in [1.29, 1.82) is 0 Å². The Kier molecular flexibility index (Phi) is 5.29. The maximum absolute atomic E-state index is 12.8. The lowest BCUT2D eigenvalue weighted by Crippen LogP contribution is -2.79. The predicted octanol–water partition coefficient (Wildman–Crippen LogP) is 3.29. The Balaban J connectivity index is 1.12. The Morgan fingerprint density at radius 2 is 1.94 bits per heavy atom. The summed E-state index contributed by atoms with van der Waals surface area (Å²) in [5.41, 5.74) is -1.04. The average molecular weight is 496 g/mol. The zero-order valence-corrected chi connectivity index (χ0v) is 18.5. The van der Waals surface area contributed by atoms with E-state index in [2.05, 4.69) is 15.6 Å². The maximum Gasteiger partial charge on any atom is 0.417 e. The van der Waals surface area contributed by atoms with Crippen LogP contribution in [-0.4, -0.2) is 33.5 Å². The first-order valence-electron chi connectivity index (χ1n) is 10.8. The molecule has 6 rings (SSSR count). The van der Waals surface area contributed by atoms with Crippen LogP contribution in [0.4, 0.5) is 13.2 Å². The summed E-state index contributed by atoms with van der Waals surface area (Å²) in [5.74, 6) is -0.142. The molecule has 2 amide bonds. The van der Waals surface area contributed by atoms with Crippen LogP contribution in [0, 0.1) is 5.41 Å². The van der Waals surface area contributed by atoms with E-state index in [9.17, 15) is 27.9 Å². The molecule has 34 heavy (non-hydrogen) atoms. The molecule has 11 heteroatoms. The molecular weight excluding hydrogens is 475 g/mol. The number of nitrogens with one attached hydrogen (secondary N) is 2. The van der Waals surface area contributed by atoms with E-state index < -0.39 is 34.9 Å². The van der Waals surface area contributed by atoms with Gasteiger partial charge in [-0.25, -0.2) is 0 Å². The number of halogens is 4. The minimum atomic E-state index is -4.46. The van der Waals surface area contributed by atoms with Gasteiger partial charge in [0.2, 0.25) is 5.91 Å². The fourth-order valence-corrected chi connectivity index (χ4v) is 5.32. The number of benzene rings is 1. The van der Waals surface area contributed by atoms with Crippen LogP contribution in [0.2, 0.25) is 5.02 Å². The van der Waals surface area contributed by atoms with Crippen molar-refractivity contribution in [1.82, 2.24) is 15.6 Å². The van der Waals surface area contributed by atoms with Gasteiger partial charge in [0, 0.05) is 28.7 Å². The highest BCUT2D eigenvalue weighted by atomic mass is 35.5. The highest BCUT2D eigenvalue weighted by molar-refractivity contribution is 6.30. The molecule has 3 fully saturated rings. The van der Waals surface area contributed by atoms with E-state index in [4.69, 9.17) is 16.3 Å². The van der Waals surface area contributed by atoms with Crippen molar-refractivity contribution in [3.63, 3.8) is 0 Å². The van der Waals surface area contributed by atoms with Gasteiger partial charge < -0.3 is 20.5 Å². The van der Waals surface area contributed by atoms with Crippen LogP contribution in [0.25, 0.3) is 0 Å². The minimum absolute atomic E-state index is 0.0231. The molecule has 1 aromatic carbocycles. The van der Waals surface area contributed by atoms with Gasteiger partial charge in [-0.05, 0) is 49.6 Å². The molecule has 0 saturated heterocycles. The zero-order chi connectivity index (χ0) is 24.3. The molecule has 3 aliphatic carbocycles. The number of rotatable bonds is 5. The fraction of sp³-hybridized carbons (Fsp3) is 0.435. The third kappa shape index (κ3) is 3.98. The normalized spacial score (nSPS) is 29.1. The Hall–Kier alpha value is -2.85. The van der Waals surface area contributed by atoms with Crippen LogP contribution >= 0.6 is 11.6 Å². The molecule has 1 unspecified atom stereocenters. The number of ether oxygens (including phenoxy) is 1. The van der Waals surface area contributed by atoms with Crippen LogP contribution in [0.15, 0.2) is 36.5 Å². The molecule has 3 N–H and O–H groups in total. The first-order valence-corrected chi connectivity index (χ1v) is 11.1. The Labute approximate surface area is 197 Å². The third-order valence-corrected chi connectivity index (χ3v) is 7.05. The molecule has 1 aliphatic heterocycles. The van der Waals surface area contributed by atoms with Crippen molar-refractivity contribution in [2.24, 2.45) is 5.41 Å². The Morgan fingerprint density at radius 1 is 1.21 bits per heavy atom. The molecule has 1 aromatic heterocycles. The molecule has 2 bridgehead atoms. The minimum Gasteiger partial charge on any atom is -0.480 e. The fourth-order valence-electron chi connectivity index (χ4n) is 5.14. The van der Waals surface area contributed by atoms with Crippen LogP contribution in [0.3, 0.4) is 0 Å². The topological polar surface area (TPSA) is 101 Å². The van der Waals surface area contributed by atoms with E-state index in [-0.39, 0.29) is 24.8 Å². The SMILES string of the molecule is O=C(NC12CC(C(=O)NCc3ccc(C(F)(F)F)cn3)(C1)C2)C1C[C@@H](O)c2cc(Cl)ccc2O1. The van der Waals surface area contributed by atoms with Crippen molar-refractivity contribution in [2.45, 2.75) is 56.2 Å². The number of aliphatic hydroxyl groups is 1. The summed E-state index contributed by atoms with van der Waals surface area (Å²) in [6.07, 6.45) is -3.93. The monoisotopic (exact) mass is 495 g/mol. The number of nitrogens with zero attached hydrogens (tertiary/aromatic N) is 1. The van der Waals surface area contributed by atoms with Gasteiger partial charge >= 0.3 is 6.18 Å². The van der Waals surface area contributed by atoms with Crippen LogP contribution in [-0.2, 0) is 22.3 Å². The largest absolute Gasteiger partial charge is 0.480 e. The summed E-state index contributed by atoms with van der Waals surface area (Å²) in [6, 6.07) is 7.01. The highest BCUT2D eigenvalue weighted by Gasteiger charge is 2.72. The quantitative estimate of drug-likeness (QED) is 0.591. The van der Waals surface area contributed by atoms with Gasteiger partial charge in [0.15, 0.2) is 6.10 Å². The summed E-state index contributed by atoms with van der Waals surface area (Å²) in [7, 11) is 0. The maximum atomic E-state index is 12.8. The lowest BCUT2D eigenvalue weighted by molar-refractivity contribution is -0.185. The lowest BCUT2D eigenvalue weighted by atomic mass is 9.39. The van der Waals surface area contributed by atoms with Crippen molar-refractivity contribution in [3.05, 3.63) is 58.4 Å². The number of hydrogen-bond acceptors (Lipinski definition) is 5. The molecule has 0 spiro atoms. The molecule has 3 saturated carbocycles. The Bertz CT molecular complexity index is 1140. The van der Waals surface area contributed by atoms with Gasteiger partial charge in [-0.15, -0.1) is 0 Å². The first-order chi connectivity index (χ1) is 16.0. The molecule has 7 nitrogen and oxygen atoms in total. The van der Waals surface area contributed by atoms with Crippen molar-refractivity contribution < 1.29 is 32.6 Å². The smallest absolute Gasteiger partial charge is 0.417 e. The van der Waals surface area contributed by atoms with Gasteiger partial charge in [-0.3, -0.25) is 14.6 Å². The summed E-state index contributed by atoms with van der Waals surface area (Å²) < 4.78 is 43.6. The number of hydrogen-bond donors (Lipinski definition) is 3. The summed E-state index contributed by atoms with van der Waals surface area (Å²) >= 11 is 5.96. The number of amides is 2. The molecule has 2 heterocycles. The van der Waals surface area contributed by atoms with Gasteiger partial charge in [-0.1, -0.05) is 11.6 Å². The molecule has 2 aromatic rings. The average Bonchev–Trinajstić information content (AvgIpc) is 2.73.